The fourth-order valence-corrected chi connectivity index (χ4v) is 5.35. The van der Waals surface area contributed by atoms with Crippen LogP contribution in [-0.4, -0.2) is 20.9 Å². The third-order valence-corrected chi connectivity index (χ3v) is 7.75. The summed E-state index contributed by atoms with van der Waals surface area (Å²) in [6, 6.07) is 20.8. The zero-order chi connectivity index (χ0) is 24.9. The van der Waals surface area contributed by atoms with Crippen LogP contribution in [0.1, 0.15) is 44.7 Å². The van der Waals surface area contributed by atoms with Gasteiger partial charge in [-0.15, -0.1) is 0 Å². The van der Waals surface area contributed by atoms with Crippen molar-refractivity contribution in [2.24, 2.45) is 0 Å². The van der Waals surface area contributed by atoms with E-state index in [4.69, 9.17) is 4.74 Å². The molecule has 3 aromatic rings. The molecule has 34 heavy (non-hydrogen) atoms. The molecule has 180 valence electrons. The number of aryl methyl sites for hydroxylation is 1. The monoisotopic (exact) mass is 543 g/mol. The van der Waals surface area contributed by atoms with Crippen molar-refractivity contribution in [1.82, 2.24) is 0 Å². The molecule has 0 aliphatic rings. The Bertz CT molecular complexity index is 1230. The summed E-state index contributed by atoms with van der Waals surface area (Å²) in [5, 5.41) is 0. The Morgan fingerprint density at radius 3 is 2.21 bits per heavy atom. The first-order valence-electron chi connectivity index (χ1n) is 11.1. The Balaban J connectivity index is 1.72. The van der Waals surface area contributed by atoms with Crippen LogP contribution < -0.4 is 9.04 Å². The smallest absolute Gasteiger partial charge is 0.270 e. The van der Waals surface area contributed by atoms with E-state index in [-0.39, 0.29) is 23.3 Å². The highest BCUT2D eigenvalue weighted by atomic mass is 79.9. The largest absolute Gasteiger partial charge is 0.492 e. The molecule has 1 amide bonds. The van der Waals surface area contributed by atoms with Crippen molar-refractivity contribution in [3.8, 4) is 5.75 Å². The fourth-order valence-electron chi connectivity index (χ4n) is 3.39. The second-order valence-electron chi connectivity index (χ2n) is 9.16. The summed E-state index contributed by atoms with van der Waals surface area (Å²) in [6.07, 6.45) is 0.399. The van der Waals surface area contributed by atoms with E-state index in [0.717, 1.165) is 14.3 Å². The second kappa shape index (κ2) is 10.7. The summed E-state index contributed by atoms with van der Waals surface area (Å²) in [6.45, 7) is 8.62. The maximum absolute atomic E-state index is 13.3. The SMILES string of the molecule is Cc1ccc(N(C(=O)CCCOc2ccc(C(C)(C)C)cc2Br)S(=O)(=O)c2ccccc2)cc1. The number of amides is 1. The van der Waals surface area contributed by atoms with Crippen molar-refractivity contribution in [3.05, 3.63) is 88.4 Å². The molecule has 0 aliphatic carbocycles. The van der Waals surface area contributed by atoms with Crippen molar-refractivity contribution >= 4 is 37.5 Å². The number of carbonyl (C=O) groups is 1. The van der Waals surface area contributed by atoms with E-state index in [1.807, 2.05) is 25.1 Å². The van der Waals surface area contributed by atoms with Gasteiger partial charge in [0.25, 0.3) is 10.0 Å². The van der Waals surface area contributed by atoms with Gasteiger partial charge in [-0.3, -0.25) is 4.79 Å². The van der Waals surface area contributed by atoms with E-state index in [1.54, 1.807) is 42.5 Å². The van der Waals surface area contributed by atoms with E-state index < -0.39 is 15.9 Å². The van der Waals surface area contributed by atoms with Crippen molar-refractivity contribution in [1.29, 1.82) is 0 Å². The first-order chi connectivity index (χ1) is 16.0. The van der Waals surface area contributed by atoms with Crippen LogP contribution in [0.4, 0.5) is 5.69 Å². The number of ether oxygens (including phenoxy) is 1. The van der Waals surface area contributed by atoms with Gasteiger partial charge in [-0.05, 0) is 76.7 Å². The first-order valence-corrected chi connectivity index (χ1v) is 13.4. The summed E-state index contributed by atoms with van der Waals surface area (Å²) in [4.78, 5) is 13.2. The average Bonchev–Trinajstić information content (AvgIpc) is 2.79. The summed E-state index contributed by atoms with van der Waals surface area (Å²) >= 11 is 3.55. The summed E-state index contributed by atoms with van der Waals surface area (Å²) in [5.41, 5.74) is 2.50. The van der Waals surface area contributed by atoms with Gasteiger partial charge < -0.3 is 4.74 Å². The maximum atomic E-state index is 13.3. The topological polar surface area (TPSA) is 63.7 Å². The minimum Gasteiger partial charge on any atom is -0.492 e. The summed E-state index contributed by atoms with van der Waals surface area (Å²) < 4.78 is 34.3. The predicted molar refractivity (Wildman–Crippen MR) is 140 cm³/mol. The van der Waals surface area contributed by atoms with Crippen LogP contribution >= 0.6 is 15.9 Å². The van der Waals surface area contributed by atoms with Crippen LogP contribution in [0.15, 0.2) is 82.2 Å². The maximum Gasteiger partial charge on any atom is 0.270 e. The molecule has 0 bridgehead atoms. The van der Waals surface area contributed by atoms with Crippen LogP contribution in [0.3, 0.4) is 0 Å². The van der Waals surface area contributed by atoms with Gasteiger partial charge >= 0.3 is 0 Å². The number of hydrogen-bond donors (Lipinski definition) is 0. The second-order valence-corrected chi connectivity index (χ2v) is 11.8. The molecule has 0 aliphatic heterocycles. The highest BCUT2D eigenvalue weighted by Crippen LogP contribution is 2.32. The average molecular weight is 545 g/mol. The van der Waals surface area contributed by atoms with Crippen LogP contribution in [0.2, 0.25) is 0 Å². The number of hydrogen-bond acceptors (Lipinski definition) is 4. The number of benzene rings is 3. The zero-order valence-corrected chi connectivity index (χ0v) is 22.3. The van der Waals surface area contributed by atoms with Gasteiger partial charge in [0.05, 0.1) is 21.7 Å². The quantitative estimate of drug-likeness (QED) is 0.299. The molecule has 3 rings (SSSR count). The normalized spacial score (nSPS) is 11.8. The molecule has 7 heteroatoms. The number of rotatable bonds is 8. The molecule has 0 atom stereocenters. The lowest BCUT2D eigenvalue weighted by Gasteiger charge is -2.23. The number of carbonyl (C=O) groups excluding carboxylic acids is 1. The van der Waals surface area contributed by atoms with Crippen LogP contribution in [0.25, 0.3) is 0 Å². The number of sulfonamides is 1. The molecule has 0 unspecified atom stereocenters. The van der Waals surface area contributed by atoms with E-state index in [9.17, 15) is 13.2 Å². The van der Waals surface area contributed by atoms with Crippen LogP contribution in [0, 0.1) is 6.92 Å². The highest BCUT2D eigenvalue weighted by molar-refractivity contribution is 9.10. The molecule has 0 aromatic heterocycles. The molecule has 0 N–H and O–H groups in total. The Kier molecular flexibility index (Phi) is 8.21. The third kappa shape index (κ3) is 6.27. The summed E-state index contributed by atoms with van der Waals surface area (Å²) in [7, 11) is -4.05. The van der Waals surface area contributed by atoms with Gasteiger partial charge in [0.1, 0.15) is 5.75 Å². The van der Waals surface area contributed by atoms with Crippen LogP contribution in [0.5, 0.6) is 5.75 Å². The molecule has 0 spiro atoms. The minimum absolute atomic E-state index is 0.0250. The van der Waals surface area contributed by atoms with E-state index in [0.29, 0.717) is 17.9 Å². The molecule has 5 nitrogen and oxygen atoms in total. The zero-order valence-electron chi connectivity index (χ0n) is 19.9. The molecule has 3 aromatic carbocycles. The first kappa shape index (κ1) is 26.0. The number of halogens is 1. The summed E-state index contributed by atoms with van der Waals surface area (Å²) in [5.74, 6) is 0.186. The standard InChI is InChI=1S/C27H30BrNO4S/c1-20-12-15-22(16-13-20)29(34(31,32)23-9-6-5-7-10-23)26(30)11-8-18-33-25-17-14-21(19-24(25)28)27(2,3)4/h5-7,9-10,12-17,19H,8,11,18H2,1-4H3. The van der Waals surface area contributed by atoms with Crippen molar-refractivity contribution < 1.29 is 17.9 Å². The van der Waals surface area contributed by atoms with Gasteiger partial charge in [0.15, 0.2) is 0 Å². The van der Waals surface area contributed by atoms with Gasteiger partial charge in [0.2, 0.25) is 5.91 Å². The van der Waals surface area contributed by atoms with Crippen molar-refractivity contribution in [3.63, 3.8) is 0 Å². The van der Waals surface area contributed by atoms with Crippen molar-refractivity contribution in [2.45, 2.75) is 50.8 Å². The Hall–Kier alpha value is -2.64. The molecule has 0 saturated heterocycles. The lowest BCUT2D eigenvalue weighted by atomic mass is 9.87. The van der Waals surface area contributed by atoms with E-state index in [2.05, 4.69) is 36.7 Å². The molecular formula is C27H30BrNO4S. The van der Waals surface area contributed by atoms with Gasteiger partial charge in [-0.25, -0.2) is 12.7 Å². The van der Waals surface area contributed by atoms with Crippen LogP contribution in [-0.2, 0) is 20.2 Å². The minimum atomic E-state index is -4.05. The lowest BCUT2D eigenvalue weighted by molar-refractivity contribution is -0.117. The van der Waals surface area contributed by atoms with Gasteiger partial charge in [-0.1, -0.05) is 62.7 Å². The lowest BCUT2D eigenvalue weighted by Crippen LogP contribution is -2.37. The molecule has 0 heterocycles. The number of nitrogens with zero attached hydrogens (tertiary/aromatic N) is 1. The van der Waals surface area contributed by atoms with E-state index in [1.165, 1.54) is 17.7 Å². The number of anilines is 1. The predicted octanol–water partition coefficient (Wildman–Crippen LogP) is 6.64. The highest BCUT2D eigenvalue weighted by Gasteiger charge is 2.30. The molecule has 0 fully saturated rings. The Labute approximate surface area is 210 Å². The van der Waals surface area contributed by atoms with Gasteiger partial charge in [-0.2, -0.15) is 0 Å². The Morgan fingerprint density at radius 1 is 0.971 bits per heavy atom. The molecular weight excluding hydrogens is 514 g/mol. The molecule has 0 radical (unpaired) electrons. The molecule has 0 saturated carbocycles. The third-order valence-electron chi connectivity index (χ3n) is 5.37. The van der Waals surface area contributed by atoms with E-state index >= 15 is 0 Å². The van der Waals surface area contributed by atoms with Gasteiger partial charge in [0, 0.05) is 6.42 Å². The van der Waals surface area contributed by atoms with Crippen molar-refractivity contribution in [2.75, 3.05) is 10.9 Å². The fraction of sp³-hybridized carbons (Fsp3) is 0.296. The Morgan fingerprint density at radius 2 is 1.62 bits per heavy atom.